The second kappa shape index (κ2) is 11.2. The van der Waals surface area contributed by atoms with Gasteiger partial charge >= 0.3 is 0 Å². The summed E-state index contributed by atoms with van der Waals surface area (Å²) in [5.74, 6) is -0.218. The van der Waals surface area contributed by atoms with Crippen LogP contribution in [-0.4, -0.2) is 47.6 Å². The van der Waals surface area contributed by atoms with Gasteiger partial charge in [-0.25, -0.2) is 5.43 Å². The summed E-state index contributed by atoms with van der Waals surface area (Å²) in [7, 11) is 0. The fourth-order valence-electron chi connectivity index (χ4n) is 3.92. The molecule has 1 saturated heterocycles. The number of halogens is 1. The van der Waals surface area contributed by atoms with Gasteiger partial charge in [-0.2, -0.15) is 5.10 Å². The van der Waals surface area contributed by atoms with E-state index in [9.17, 15) is 4.79 Å². The Morgan fingerprint density at radius 3 is 1.88 bits per heavy atom. The Morgan fingerprint density at radius 2 is 1.30 bits per heavy atom. The van der Waals surface area contributed by atoms with Gasteiger partial charge in [-0.3, -0.25) is 14.6 Å². The molecule has 1 aliphatic heterocycles. The van der Waals surface area contributed by atoms with E-state index >= 15 is 0 Å². The Balaban J connectivity index is 1.25. The normalized spacial score (nSPS) is 15.4. The first kappa shape index (κ1) is 23.2. The smallest absolute Gasteiger partial charge is 0.271 e. The van der Waals surface area contributed by atoms with Crippen LogP contribution in [0.4, 0.5) is 0 Å². The van der Waals surface area contributed by atoms with Crippen molar-refractivity contribution in [1.29, 1.82) is 0 Å². The van der Waals surface area contributed by atoms with E-state index in [-0.39, 0.29) is 5.91 Å². The van der Waals surface area contributed by atoms with Gasteiger partial charge in [-0.15, -0.1) is 0 Å². The molecule has 1 aliphatic rings. The van der Waals surface area contributed by atoms with Crippen molar-refractivity contribution in [1.82, 2.24) is 15.2 Å². The van der Waals surface area contributed by atoms with Gasteiger partial charge in [-0.05, 0) is 47.9 Å². The number of amides is 1. The average molecular weight is 461 g/mol. The molecule has 6 heteroatoms. The lowest BCUT2D eigenvalue weighted by Gasteiger charge is -2.34. The molecular formula is C27H29ClN4O. The highest BCUT2D eigenvalue weighted by atomic mass is 35.5. The number of rotatable bonds is 7. The van der Waals surface area contributed by atoms with E-state index in [1.807, 2.05) is 43.3 Å². The van der Waals surface area contributed by atoms with Crippen molar-refractivity contribution in [2.24, 2.45) is 5.10 Å². The van der Waals surface area contributed by atoms with E-state index < -0.39 is 0 Å². The molecule has 1 amide bonds. The summed E-state index contributed by atoms with van der Waals surface area (Å²) < 4.78 is 0. The molecule has 0 saturated carbocycles. The van der Waals surface area contributed by atoms with Gasteiger partial charge in [0.25, 0.3) is 5.91 Å². The summed E-state index contributed by atoms with van der Waals surface area (Å²) in [5.41, 5.74) is 7.45. The zero-order chi connectivity index (χ0) is 23.0. The number of benzene rings is 3. The zero-order valence-corrected chi connectivity index (χ0v) is 19.6. The lowest BCUT2D eigenvalue weighted by atomic mass is 10.1. The van der Waals surface area contributed by atoms with E-state index in [1.54, 1.807) is 12.1 Å². The van der Waals surface area contributed by atoms with Crippen LogP contribution in [-0.2, 0) is 13.1 Å². The highest BCUT2D eigenvalue weighted by Gasteiger charge is 2.17. The predicted octanol–water partition coefficient (Wildman–Crippen LogP) is 4.81. The zero-order valence-electron chi connectivity index (χ0n) is 18.9. The summed E-state index contributed by atoms with van der Waals surface area (Å²) >= 11 is 5.92. The van der Waals surface area contributed by atoms with E-state index in [4.69, 9.17) is 11.6 Å². The molecule has 1 N–H and O–H groups in total. The van der Waals surface area contributed by atoms with Crippen molar-refractivity contribution in [2.45, 2.75) is 20.0 Å². The maximum absolute atomic E-state index is 12.5. The minimum Gasteiger partial charge on any atom is -0.297 e. The maximum Gasteiger partial charge on any atom is 0.271 e. The lowest BCUT2D eigenvalue weighted by molar-refractivity contribution is 0.0954. The highest BCUT2D eigenvalue weighted by molar-refractivity contribution is 6.30. The Morgan fingerprint density at radius 1 is 0.788 bits per heavy atom. The quantitative estimate of drug-likeness (QED) is 0.406. The summed E-state index contributed by atoms with van der Waals surface area (Å²) in [5, 5.41) is 4.89. The van der Waals surface area contributed by atoms with Gasteiger partial charge < -0.3 is 0 Å². The van der Waals surface area contributed by atoms with Crippen molar-refractivity contribution in [3.8, 4) is 0 Å². The molecule has 0 spiro atoms. The van der Waals surface area contributed by atoms with Gasteiger partial charge in [0.1, 0.15) is 0 Å². The molecule has 5 nitrogen and oxygen atoms in total. The second-order valence-electron chi connectivity index (χ2n) is 8.38. The molecule has 170 valence electrons. The van der Waals surface area contributed by atoms with Crippen molar-refractivity contribution in [3.63, 3.8) is 0 Å². The molecule has 4 rings (SSSR count). The topological polar surface area (TPSA) is 47.9 Å². The molecule has 0 bridgehead atoms. The van der Waals surface area contributed by atoms with E-state index in [1.165, 1.54) is 11.1 Å². The Kier molecular flexibility index (Phi) is 7.89. The van der Waals surface area contributed by atoms with Crippen LogP contribution in [0.25, 0.3) is 0 Å². The number of piperazine rings is 1. The SMILES string of the molecule is C/C(=N/NC(=O)c1ccc(CN2CCN(Cc3ccccc3)CC2)cc1)c1ccc(Cl)cc1. The Hall–Kier alpha value is -2.99. The van der Waals surface area contributed by atoms with Crippen LogP contribution in [0.5, 0.6) is 0 Å². The third-order valence-corrected chi connectivity index (χ3v) is 6.18. The van der Waals surface area contributed by atoms with Crippen molar-refractivity contribution < 1.29 is 4.79 Å². The summed E-state index contributed by atoms with van der Waals surface area (Å²) in [6, 6.07) is 25.8. The Bertz CT molecular complexity index is 1070. The standard InChI is InChI=1S/C27H29ClN4O/c1-21(24-11-13-26(28)14-12-24)29-30-27(33)25-9-7-23(8-10-25)20-32-17-15-31(16-18-32)19-22-5-3-2-4-6-22/h2-14H,15-20H2,1H3,(H,30,33)/b29-21-. The lowest BCUT2D eigenvalue weighted by Crippen LogP contribution is -2.45. The molecule has 3 aromatic rings. The molecule has 0 radical (unpaired) electrons. The molecule has 0 aliphatic carbocycles. The maximum atomic E-state index is 12.5. The van der Waals surface area contributed by atoms with Crippen LogP contribution >= 0.6 is 11.6 Å². The summed E-state index contributed by atoms with van der Waals surface area (Å²) in [6.07, 6.45) is 0. The fraction of sp³-hybridized carbons (Fsp3) is 0.259. The molecule has 0 atom stereocenters. The number of nitrogens with zero attached hydrogens (tertiary/aromatic N) is 3. The number of carbonyl (C=O) groups is 1. The van der Waals surface area contributed by atoms with Gasteiger partial charge in [0.05, 0.1) is 5.71 Å². The number of nitrogens with one attached hydrogen (secondary N) is 1. The minimum atomic E-state index is -0.218. The molecule has 3 aromatic carbocycles. The van der Waals surface area contributed by atoms with Gasteiger partial charge in [-0.1, -0.05) is 66.2 Å². The monoisotopic (exact) mass is 460 g/mol. The third kappa shape index (κ3) is 6.75. The number of hydrazone groups is 1. The highest BCUT2D eigenvalue weighted by Crippen LogP contribution is 2.13. The average Bonchev–Trinajstić information content (AvgIpc) is 2.85. The molecular weight excluding hydrogens is 432 g/mol. The Labute approximate surface area is 200 Å². The van der Waals surface area contributed by atoms with Crippen LogP contribution < -0.4 is 5.43 Å². The molecule has 0 aromatic heterocycles. The second-order valence-corrected chi connectivity index (χ2v) is 8.82. The number of carbonyl (C=O) groups excluding carboxylic acids is 1. The van der Waals surface area contributed by atoms with Crippen LogP contribution in [0.2, 0.25) is 5.02 Å². The van der Waals surface area contributed by atoms with E-state index in [0.29, 0.717) is 10.6 Å². The van der Waals surface area contributed by atoms with Gasteiger partial charge in [0.2, 0.25) is 0 Å². The first-order valence-electron chi connectivity index (χ1n) is 11.2. The molecule has 0 unspecified atom stereocenters. The summed E-state index contributed by atoms with van der Waals surface area (Å²) in [6.45, 7) is 8.00. The van der Waals surface area contributed by atoms with Gasteiger partial charge in [0.15, 0.2) is 0 Å². The van der Waals surface area contributed by atoms with Crippen LogP contribution in [0.15, 0.2) is 84.0 Å². The minimum absolute atomic E-state index is 0.218. The van der Waals surface area contributed by atoms with Crippen LogP contribution in [0.3, 0.4) is 0 Å². The van der Waals surface area contributed by atoms with E-state index in [0.717, 1.165) is 50.5 Å². The third-order valence-electron chi connectivity index (χ3n) is 5.92. The molecule has 1 fully saturated rings. The van der Waals surface area contributed by atoms with Gasteiger partial charge in [0, 0.05) is 49.9 Å². The number of hydrogen-bond donors (Lipinski definition) is 1. The fourth-order valence-corrected chi connectivity index (χ4v) is 4.05. The van der Waals surface area contributed by atoms with E-state index in [2.05, 4.69) is 50.7 Å². The van der Waals surface area contributed by atoms with Crippen LogP contribution in [0, 0.1) is 0 Å². The first-order valence-corrected chi connectivity index (χ1v) is 11.6. The van der Waals surface area contributed by atoms with Crippen molar-refractivity contribution in [2.75, 3.05) is 26.2 Å². The largest absolute Gasteiger partial charge is 0.297 e. The summed E-state index contributed by atoms with van der Waals surface area (Å²) in [4.78, 5) is 17.4. The van der Waals surface area contributed by atoms with Crippen LogP contribution in [0.1, 0.15) is 34.0 Å². The molecule has 1 heterocycles. The predicted molar refractivity (Wildman–Crippen MR) is 135 cm³/mol. The van der Waals surface area contributed by atoms with Crippen molar-refractivity contribution >= 4 is 23.2 Å². The van der Waals surface area contributed by atoms with Crippen molar-refractivity contribution in [3.05, 3.63) is 106 Å². The first-order chi connectivity index (χ1) is 16.1. The number of hydrogen-bond acceptors (Lipinski definition) is 4. The molecule has 33 heavy (non-hydrogen) atoms.